The lowest BCUT2D eigenvalue weighted by atomic mass is 9.96. The number of likely N-dealkylation sites (tertiary alicyclic amines) is 2. The molecule has 4 aromatic rings. The maximum atomic E-state index is 14.7. The Labute approximate surface area is 391 Å². The topological polar surface area (TPSA) is 136 Å². The Morgan fingerprint density at radius 3 is 2.02 bits per heavy atom. The molecule has 1 unspecified atom stereocenters. The quantitative estimate of drug-likeness (QED) is 0.154. The number of carbonyl (C=O) groups is 3. The number of aromatic nitrogens is 4. The summed E-state index contributed by atoms with van der Waals surface area (Å²) in [7, 11) is 1.21. The van der Waals surface area contributed by atoms with Crippen molar-refractivity contribution in [2.75, 3.05) is 20.2 Å². The van der Waals surface area contributed by atoms with E-state index in [1.807, 2.05) is 49.4 Å². The maximum absolute atomic E-state index is 14.7. The summed E-state index contributed by atoms with van der Waals surface area (Å²) in [5.74, 6) is 4.58. The summed E-state index contributed by atoms with van der Waals surface area (Å²) in [5, 5.41) is 2.58. The molecule has 2 aromatic carbocycles. The number of rotatable bonds is 8. The Kier molecular flexibility index (Phi) is 16.6. The zero-order valence-corrected chi connectivity index (χ0v) is 40.2. The number of aromatic amines is 2. The summed E-state index contributed by atoms with van der Waals surface area (Å²) in [6, 6.07) is 11.9. The van der Waals surface area contributed by atoms with Crippen molar-refractivity contribution in [2.24, 2.45) is 28.6 Å². The van der Waals surface area contributed by atoms with Crippen molar-refractivity contribution in [1.29, 1.82) is 0 Å². The third kappa shape index (κ3) is 10.0. The number of methoxy groups -OCH3 is 1. The Morgan fingerprint density at radius 2 is 1.43 bits per heavy atom. The molecule has 334 valence electrons. The molecule has 8 rings (SSSR count). The van der Waals surface area contributed by atoms with Gasteiger partial charge in [0, 0.05) is 36.6 Å². The minimum absolute atomic E-state index is 0. The lowest BCUT2D eigenvalue weighted by Crippen LogP contribution is -2.51. The number of fused-ring (bicyclic) bond motifs is 1. The number of hydrogen-bond acceptors (Lipinski definition) is 6. The van der Waals surface area contributed by atoms with Gasteiger partial charge in [0.2, 0.25) is 11.8 Å². The third-order valence-electron chi connectivity index (χ3n) is 12.7. The zero-order valence-electron chi connectivity index (χ0n) is 35.2. The number of alkyl carbamates (subject to hydrolysis) is 1. The van der Waals surface area contributed by atoms with Gasteiger partial charge in [0.05, 0.1) is 47.5 Å². The fraction of sp³-hybridized carbons (Fsp3) is 0.512. The van der Waals surface area contributed by atoms with Gasteiger partial charge >= 0.3 is 6.09 Å². The van der Waals surface area contributed by atoms with Crippen LogP contribution in [0.3, 0.4) is 0 Å². The van der Waals surface area contributed by atoms with Crippen LogP contribution < -0.4 is 5.32 Å². The van der Waals surface area contributed by atoms with E-state index < -0.39 is 35.4 Å². The molecule has 4 heterocycles. The van der Waals surface area contributed by atoms with E-state index in [1.54, 1.807) is 20.0 Å². The highest BCUT2D eigenvalue weighted by Gasteiger charge is 2.75. The van der Waals surface area contributed by atoms with Crippen LogP contribution >= 0.6 is 67.5 Å². The predicted molar refractivity (Wildman–Crippen MR) is 258 cm³/mol. The van der Waals surface area contributed by atoms with Gasteiger partial charge in [-0.05, 0) is 78.8 Å². The number of H-pyrrole nitrogens is 2. The van der Waals surface area contributed by atoms with Gasteiger partial charge < -0.3 is 29.8 Å². The van der Waals surface area contributed by atoms with Crippen LogP contribution in [-0.2, 0) is 14.3 Å². The van der Waals surface area contributed by atoms with E-state index in [1.165, 1.54) is 12.0 Å². The van der Waals surface area contributed by atoms with Crippen LogP contribution in [0.1, 0.15) is 102 Å². The molecule has 3 amide bonds. The lowest BCUT2D eigenvalue weighted by molar-refractivity contribution is -0.137. The normalized spacial score (nSPS) is 22.1. The summed E-state index contributed by atoms with van der Waals surface area (Å²) in [6.07, 6.45) is 3.94. The summed E-state index contributed by atoms with van der Waals surface area (Å²) < 4.78 is 34.1. The fourth-order valence-electron chi connectivity index (χ4n) is 8.52. The number of alkyl halides is 2. The Hall–Kier alpha value is -3.50. The second-order valence-electron chi connectivity index (χ2n) is 17.3. The number of carbonyl (C=O) groups excluding carboxylic acids is 3. The van der Waals surface area contributed by atoms with E-state index in [0.717, 1.165) is 59.4 Å². The van der Waals surface area contributed by atoms with E-state index in [0.29, 0.717) is 11.5 Å². The fourth-order valence-corrected chi connectivity index (χ4v) is 8.52. The Morgan fingerprint density at radius 1 is 0.820 bits per heavy atom. The maximum Gasteiger partial charge on any atom is 0.407 e. The number of nitrogens with zero attached hydrogens (tertiary/aromatic N) is 4. The number of halogens is 2. The molecule has 61 heavy (non-hydrogen) atoms. The van der Waals surface area contributed by atoms with Gasteiger partial charge in [-0.15, -0.1) is 0 Å². The Bertz CT molecular complexity index is 2270. The van der Waals surface area contributed by atoms with E-state index in [4.69, 9.17) is 9.72 Å². The molecule has 11 nitrogen and oxygen atoms in total. The smallest absolute Gasteiger partial charge is 0.407 e. The van der Waals surface area contributed by atoms with Crippen LogP contribution in [0, 0.1) is 40.4 Å². The van der Waals surface area contributed by atoms with Gasteiger partial charge in [-0.3, -0.25) is 9.59 Å². The number of hydrogen-bond donors (Lipinski definition) is 3. The lowest BCUT2D eigenvalue weighted by Gasteiger charge is -2.30. The molecular weight excluding hydrogens is 877 g/mol. The average Bonchev–Trinajstić information content (AvgIpc) is 3.60. The van der Waals surface area contributed by atoms with Crippen LogP contribution in [0.15, 0.2) is 48.7 Å². The first-order chi connectivity index (χ1) is 26.6. The molecule has 18 heteroatoms. The van der Waals surface area contributed by atoms with Crippen molar-refractivity contribution < 1.29 is 27.9 Å². The van der Waals surface area contributed by atoms with Crippen LogP contribution in [-0.4, -0.2) is 79.8 Å². The summed E-state index contributed by atoms with van der Waals surface area (Å²) in [5.41, 5.74) is 3.80. The van der Waals surface area contributed by atoms with Crippen LogP contribution in [0.2, 0.25) is 0 Å². The first-order valence-electron chi connectivity index (χ1n) is 19.6. The standard InChI is InChI=1S/C43H49F2N7O4.5H2S/c1-24(2)26(5)38(53)51-22-41(15-16-41)18-33(51)37-47-30-14-11-28(17-31(30)48-37)8-7-27-9-12-29(13-10-27)32-20-46-36(49-32)34-19-42(21-43(42,44)45)23-52(34)39(54)35(25(3)4)50-40(55)56-6;;;;;/h9-14,17,20,24-26,33-35H,15-16,18-19,21-23H2,1-6H3,(H,46,49)(H,47,48)(H,50,55);5*1H2/t26-,33-,34-,35?,42-;;;;;/m0...../s1. The van der Waals surface area contributed by atoms with Gasteiger partial charge in [-0.1, -0.05) is 58.6 Å². The van der Waals surface area contributed by atoms with Crippen molar-refractivity contribution in [3.8, 4) is 23.1 Å². The van der Waals surface area contributed by atoms with Crippen molar-refractivity contribution in [3.05, 3.63) is 71.4 Å². The zero-order chi connectivity index (χ0) is 39.7. The molecule has 5 atom stereocenters. The SMILES string of the molecule is COC(=O)NC(C(=O)N1C[C@]2(C[C@H]1c1ncc(-c3ccc(C#Cc4ccc5nc([C@@H]6CC7(CC7)CN6C(=O)[C@@H](C)C(C)C)[nH]c5c4)cc3)[nH]1)CC2(F)F)C(C)C.S.S.S.S.S. The first kappa shape index (κ1) is 51.8. The predicted octanol–water partition coefficient (Wildman–Crippen LogP) is 7.94. The van der Waals surface area contributed by atoms with Gasteiger partial charge in [-0.25, -0.2) is 23.5 Å². The number of benzene rings is 2. The second kappa shape index (κ2) is 19.5. The molecule has 2 aliphatic carbocycles. The van der Waals surface area contributed by atoms with Gasteiger partial charge in [-0.2, -0.15) is 67.5 Å². The van der Waals surface area contributed by atoms with E-state index >= 15 is 0 Å². The minimum atomic E-state index is -2.87. The van der Waals surface area contributed by atoms with E-state index in [2.05, 4.69) is 50.9 Å². The van der Waals surface area contributed by atoms with Crippen LogP contribution in [0.5, 0.6) is 0 Å². The van der Waals surface area contributed by atoms with Gasteiger partial charge in [0.25, 0.3) is 5.92 Å². The number of imidazole rings is 2. The molecule has 0 bridgehead atoms. The molecule has 2 saturated carbocycles. The molecule has 2 spiro atoms. The summed E-state index contributed by atoms with van der Waals surface area (Å²) >= 11 is 0. The first-order valence-corrected chi connectivity index (χ1v) is 19.6. The van der Waals surface area contributed by atoms with Crippen molar-refractivity contribution in [3.63, 3.8) is 0 Å². The molecule has 2 aromatic heterocycles. The molecule has 4 fully saturated rings. The number of ether oxygens (including phenoxy) is 1. The number of nitrogens with one attached hydrogen (secondary N) is 3. The second-order valence-corrected chi connectivity index (χ2v) is 17.3. The van der Waals surface area contributed by atoms with Crippen molar-refractivity contribution >= 4 is 96.4 Å². The van der Waals surface area contributed by atoms with E-state index in [-0.39, 0.29) is 122 Å². The van der Waals surface area contributed by atoms with Gasteiger partial charge in [0.1, 0.15) is 17.7 Å². The molecule has 0 radical (unpaired) electrons. The highest BCUT2D eigenvalue weighted by Crippen LogP contribution is 2.68. The summed E-state index contributed by atoms with van der Waals surface area (Å²) in [4.78, 5) is 59.1. The van der Waals surface area contributed by atoms with Crippen LogP contribution in [0.25, 0.3) is 22.3 Å². The molecule has 2 saturated heterocycles. The monoisotopic (exact) mass is 935 g/mol. The molecule has 4 aliphatic rings. The van der Waals surface area contributed by atoms with Crippen molar-refractivity contribution in [1.82, 2.24) is 35.1 Å². The molecular formula is C43H59F2N7O4S5. The highest BCUT2D eigenvalue weighted by atomic mass is 32.1. The number of amides is 3. The minimum Gasteiger partial charge on any atom is -0.453 e. The van der Waals surface area contributed by atoms with Crippen LogP contribution in [0.4, 0.5) is 13.6 Å². The summed E-state index contributed by atoms with van der Waals surface area (Å²) in [6.45, 7) is 10.5. The van der Waals surface area contributed by atoms with Gasteiger partial charge in [0.15, 0.2) is 0 Å². The highest BCUT2D eigenvalue weighted by molar-refractivity contribution is 7.60. The molecule has 3 N–H and O–H groups in total. The van der Waals surface area contributed by atoms with Crippen molar-refractivity contribution in [2.45, 2.75) is 90.8 Å². The molecule has 2 aliphatic heterocycles. The average molecular weight is 936 g/mol. The third-order valence-corrected chi connectivity index (χ3v) is 12.7. The van der Waals surface area contributed by atoms with E-state index in [9.17, 15) is 23.2 Å². The Balaban J connectivity index is 0.00000198. The largest absolute Gasteiger partial charge is 0.453 e.